The topological polar surface area (TPSA) is 56.3 Å². The Balaban J connectivity index is 2.36. The summed E-state index contributed by atoms with van der Waals surface area (Å²) in [7, 11) is -3.52. The Morgan fingerprint density at radius 1 is 1.06 bits per heavy atom. The number of sulfone groups is 1. The van der Waals surface area contributed by atoms with Crippen molar-refractivity contribution in [3.63, 3.8) is 0 Å². The second-order valence-electron chi connectivity index (χ2n) is 6.50. The first-order chi connectivity index (χ1) is 14.5. The Morgan fingerprint density at radius 2 is 1.71 bits per heavy atom. The van der Waals surface area contributed by atoms with Crippen LogP contribution in [-0.4, -0.2) is 26.3 Å². The minimum atomic E-state index is -4.94. The first-order valence-electron chi connectivity index (χ1n) is 8.76. The van der Waals surface area contributed by atoms with Crippen molar-refractivity contribution < 1.29 is 30.7 Å². The van der Waals surface area contributed by atoms with E-state index in [-0.39, 0.29) is 28.2 Å². The summed E-state index contributed by atoms with van der Waals surface area (Å²) in [4.78, 5) is 3.52. The van der Waals surface area contributed by atoms with Crippen molar-refractivity contribution in [1.29, 1.82) is 0 Å². The molecule has 0 N–H and O–H groups in total. The molecule has 0 unspecified atom stereocenters. The summed E-state index contributed by atoms with van der Waals surface area (Å²) in [6.45, 7) is -0.324. The Hall–Kier alpha value is -3.38. The molecule has 0 bridgehead atoms. The monoisotopic (exact) mass is 449 g/mol. The lowest BCUT2D eigenvalue weighted by molar-refractivity contribution is -0.140. The van der Waals surface area contributed by atoms with Crippen LogP contribution < -0.4 is 4.74 Å². The van der Waals surface area contributed by atoms with Crippen LogP contribution in [-0.2, 0) is 16.0 Å². The summed E-state index contributed by atoms with van der Waals surface area (Å²) in [6.07, 6.45) is 1.19. The number of halogens is 4. The molecule has 0 atom stereocenters. The summed E-state index contributed by atoms with van der Waals surface area (Å²) in [5.74, 6) is 0.873. The highest BCUT2D eigenvalue weighted by molar-refractivity contribution is 7.90. The predicted octanol–water partition coefficient (Wildman–Crippen LogP) is 4.99. The van der Waals surface area contributed by atoms with Crippen LogP contribution in [0, 0.1) is 18.2 Å². The molecule has 0 aliphatic rings. The number of alkyl halides is 3. The molecule has 0 fully saturated rings. The highest BCUT2D eigenvalue weighted by atomic mass is 32.2. The zero-order valence-corrected chi connectivity index (χ0v) is 16.9. The minimum absolute atomic E-state index is 0.0161. The van der Waals surface area contributed by atoms with Crippen molar-refractivity contribution in [3.05, 3.63) is 66.1 Å². The summed E-state index contributed by atoms with van der Waals surface area (Å²) in [5.41, 5.74) is -1.99. The van der Waals surface area contributed by atoms with Crippen molar-refractivity contribution in [1.82, 2.24) is 4.98 Å². The molecule has 160 valence electrons. The van der Waals surface area contributed by atoms with Gasteiger partial charge in [0.1, 0.15) is 5.82 Å². The average molecular weight is 449 g/mol. The van der Waals surface area contributed by atoms with Gasteiger partial charge < -0.3 is 4.74 Å². The fourth-order valence-electron chi connectivity index (χ4n) is 2.96. The number of ether oxygens (including phenoxy) is 1. The van der Waals surface area contributed by atoms with Gasteiger partial charge in [-0.15, -0.1) is 6.42 Å². The number of benzene rings is 2. The van der Waals surface area contributed by atoms with Crippen molar-refractivity contribution in [3.8, 4) is 40.5 Å². The lowest BCUT2D eigenvalue weighted by atomic mass is 9.93. The molecule has 1 aromatic heterocycles. The SMILES string of the molecule is C#CCOc1cc(-c2ccc(S(C)(=O)=O)cc2)c(-c2ccccc2F)c(C(F)(F)F)n1. The zero-order valence-electron chi connectivity index (χ0n) is 16.1. The van der Waals surface area contributed by atoms with E-state index in [1.165, 1.54) is 48.5 Å². The predicted molar refractivity (Wildman–Crippen MR) is 108 cm³/mol. The fourth-order valence-corrected chi connectivity index (χ4v) is 3.59. The van der Waals surface area contributed by atoms with E-state index < -0.39 is 39.0 Å². The lowest BCUT2D eigenvalue weighted by Gasteiger charge is -2.19. The molecule has 1 heterocycles. The van der Waals surface area contributed by atoms with E-state index in [1.807, 2.05) is 0 Å². The summed E-state index contributed by atoms with van der Waals surface area (Å²) in [6, 6.07) is 11.4. The molecule has 0 aliphatic heterocycles. The van der Waals surface area contributed by atoms with Gasteiger partial charge in [-0.05, 0) is 29.3 Å². The highest BCUT2D eigenvalue weighted by Gasteiger charge is 2.38. The quantitative estimate of drug-likeness (QED) is 0.407. The number of pyridine rings is 1. The van der Waals surface area contributed by atoms with Crippen LogP contribution >= 0.6 is 0 Å². The molecule has 3 rings (SSSR count). The van der Waals surface area contributed by atoms with E-state index in [2.05, 4.69) is 10.9 Å². The number of hydrogen-bond donors (Lipinski definition) is 0. The van der Waals surface area contributed by atoms with E-state index in [0.29, 0.717) is 0 Å². The van der Waals surface area contributed by atoms with Crippen LogP contribution in [0.1, 0.15) is 5.69 Å². The standard InChI is InChI=1S/C22H15F4NO3S/c1-3-12-30-19-13-17(14-8-10-15(11-9-14)31(2,28)29)20(21(27-19)22(24,25)26)16-6-4-5-7-18(16)23/h1,4-11,13H,12H2,2H3. The number of hydrogen-bond acceptors (Lipinski definition) is 4. The van der Waals surface area contributed by atoms with E-state index in [9.17, 15) is 26.0 Å². The molecule has 0 saturated heterocycles. The molecule has 9 heteroatoms. The van der Waals surface area contributed by atoms with Crippen LogP contribution in [0.4, 0.5) is 17.6 Å². The Kier molecular flexibility index (Phi) is 6.04. The normalized spacial score (nSPS) is 11.7. The molecule has 4 nitrogen and oxygen atoms in total. The lowest BCUT2D eigenvalue weighted by Crippen LogP contribution is -2.13. The van der Waals surface area contributed by atoms with Gasteiger partial charge in [0.05, 0.1) is 4.90 Å². The third-order valence-electron chi connectivity index (χ3n) is 4.30. The molecule has 0 spiro atoms. The molecule has 0 saturated carbocycles. The highest BCUT2D eigenvalue weighted by Crippen LogP contribution is 2.44. The molecule has 31 heavy (non-hydrogen) atoms. The van der Waals surface area contributed by atoms with Crippen molar-refractivity contribution in [2.24, 2.45) is 0 Å². The Morgan fingerprint density at radius 3 is 2.26 bits per heavy atom. The van der Waals surface area contributed by atoms with Crippen LogP contribution in [0.25, 0.3) is 22.3 Å². The van der Waals surface area contributed by atoms with Gasteiger partial charge in [0, 0.05) is 23.4 Å². The van der Waals surface area contributed by atoms with Gasteiger partial charge in [-0.3, -0.25) is 0 Å². The second kappa shape index (κ2) is 8.40. The minimum Gasteiger partial charge on any atom is -0.464 e. The van der Waals surface area contributed by atoms with Gasteiger partial charge in [0.15, 0.2) is 22.1 Å². The Bertz CT molecular complexity index is 1260. The molecular formula is C22H15F4NO3S. The second-order valence-corrected chi connectivity index (χ2v) is 8.51. The first kappa shape index (κ1) is 22.3. The molecule has 2 aromatic carbocycles. The van der Waals surface area contributed by atoms with Gasteiger partial charge in [-0.1, -0.05) is 36.3 Å². The largest absolute Gasteiger partial charge is 0.464 e. The van der Waals surface area contributed by atoms with Crippen molar-refractivity contribution in [2.45, 2.75) is 11.1 Å². The van der Waals surface area contributed by atoms with Gasteiger partial charge in [-0.25, -0.2) is 17.8 Å². The maximum Gasteiger partial charge on any atom is 0.434 e. The summed E-state index contributed by atoms with van der Waals surface area (Å²) in [5, 5.41) is 0. The van der Waals surface area contributed by atoms with E-state index in [1.54, 1.807) is 0 Å². The number of nitrogens with zero attached hydrogens (tertiary/aromatic N) is 1. The number of rotatable bonds is 5. The van der Waals surface area contributed by atoms with E-state index in [0.717, 1.165) is 12.3 Å². The molecule has 0 aliphatic carbocycles. The van der Waals surface area contributed by atoms with Crippen LogP contribution in [0.5, 0.6) is 5.88 Å². The van der Waals surface area contributed by atoms with Gasteiger partial charge in [0.25, 0.3) is 0 Å². The summed E-state index contributed by atoms with van der Waals surface area (Å²) < 4.78 is 84.9. The maximum absolute atomic E-state index is 14.5. The Labute approximate surface area is 176 Å². The van der Waals surface area contributed by atoms with E-state index in [4.69, 9.17) is 11.2 Å². The van der Waals surface area contributed by atoms with Crippen LogP contribution in [0.3, 0.4) is 0 Å². The number of terminal acetylenes is 1. The molecule has 0 amide bonds. The fraction of sp³-hybridized carbons (Fsp3) is 0.136. The average Bonchev–Trinajstić information content (AvgIpc) is 2.71. The molecular weight excluding hydrogens is 434 g/mol. The van der Waals surface area contributed by atoms with Gasteiger partial charge in [0.2, 0.25) is 5.88 Å². The van der Waals surface area contributed by atoms with Crippen LogP contribution in [0.15, 0.2) is 59.5 Å². The van der Waals surface area contributed by atoms with Crippen LogP contribution in [0.2, 0.25) is 0 Å². The first-order valence-corrected chi connectivity index (χ1v) is 10.7. The van der Waals surface area contributed by atoms with Gasteiger partial charge in [-0.2, -0.15) is 13.2 Å². The van der Waals surface area contributed by atoms with E-state index >= 15 is 0 Å². The molecule has 3 aromatic rings. The smallest absolute Gasteiger partial charge is 0.434 e. The summed E-state index contributed by atoms with van der Waals surface area (Å²) >= 11 is 0. The number of aromatic nitrogens is 1. The molecule has 0 radical (unpaired) electrons. The third-order valence-corrected chi connectivity index (χ3v) is 5.43. The maximum atomic E-state index is 14.5. The van der Waals surface area contributed by atoms with Gasteiger partial charge >= 0.3 is 6.18 Å². The van der Waals surface area contributed by atoms with Crippen molar-refractivity contribution >= 4 is 9.84 Å². The third kappa shape index (κ3) is 4.86. The zero-order chi connectivity index (χ0) is 22.8. The van der Waals surface area contributed by atoms with Crippen molar-refractivity contribution in [2.75, 3.05) is 12.9 Å².